The largest absolute Gasteiger partial charge is 0.460 e. The van der Waals surface area contributed by atoms with Gasteiger partial charge in [-0.1, -0.05) is 18.6 Å². The van der Waals surface area contributed by atoms with Gasteiger partial charge in [0.2, 0.25) is 0 Å². The lowest BCUT2D eigenvalue weighted by atomic mass is 9.91. The quantitative estimate of drug-likeness (QED) is 0.549. The van der Waals surface area contributed by atoms with Crippen molar-refractivity contribution in [2.24, 2.45) is 7.05 Å². The second kappa shape index (κ2) is 9.05. The molecule has 1 aromatic heterocycles. The summed E-state index contributed by atoms with van der Waals surface area (Å²) in [6.07, 6.45) is 6.71. The van der Waals surface area contributed by atoms with Crippen LogP contribution >= 0.6 is 12.2 Å². The zero-order chi connectivity index (χ0) is 17.5. The second-order valence-electron chi connectivity index (χ2n) is 6.25. The zero-order valence-corrected chi connectivity index (χ0v) is 15.6. The zero-order valence-electron chi connectivity index (χ0n) is 14.8. The minimum Gasteiger partial charge on any atom is -0.460 e. The van der Waals surface area contributed by atoms with Crippen molar-refractivity contribution in [2.75, 3.05) is 6.54 Å². The Bertz CT molecular complexity index is 562. The van der Waals surface area contributed by atoms with Gasteiger partial charge < -0.3 is 9.64 Å². The number of nitrogens with zero attached hydrogens (tertiary/aromatic N) is 5. The Hall–Kier alpha value is -1.57. The Morgan fingerprint density at radius 3 is 2.79 bits per heavy atom. The number of hydrogen-bond donors (Lipinski definition) is 0. The Morgan fingerprint density at radius 2 is 2.17 bits per heavy atom. The van der Waals surface area contributed by atoms with Gasteiger partial charge in [-0.05, 0) is 49.5 Å². The lowest BCUT2D eigenvalue weighted by Crippen LogP contribution is -2.49. The molecule has 0 spiro atoms. The first-order valence-corrected chi connectivity index (χ1v) is 9.11. The summed E-state index contributed by atoms with van der Waals surface area (Å²) in [4.78, 5) is 14.6. The van der Waals surface area contributed by atoms with Crippen molar-refractivity contribution in [1.82, 2.24) is 25.1 Å². The first-order chi connectivity index (χ1) is 11.5. The highest BCUT2D eigenvalue weighted by Gasteiger charge is 2.32. The smallest absolute Gasteiger partial charge is 0.302 e. The van der Waals surface area contributed by atoms with Crippen LogP contribution in [0.3, 0.4) is 0 Å². The molecule has 1 fully saturated rings. The van der Waals surface area contributed by atoms with Crippen molar-refractivity contribution in [3.8, 4) is 0 Å². The molecule has 1 aliphatic rings. The summed E-state index contributed by atoms with van der Waals surface area (Å²) in [5.74, 6) is 0.667. The van der Waals surface area contributed by atoms with E-state index in [0.29, 0.717) is 0 Å². The van der Waals surface area contributed by atoms with E-state index < -0.39 is 0 Å². The summed E-state index contributed by atoms with van der Waals surface area (Å²) in [7, 11) is 1.84. The molecule has 0 radical (unpaired) electrons. The molecule has 0 aromatic carbocycles. The Kier molecular flexibility index (Phi) is 7.08. The summed E-state index contributed by atoms with van der Waals surface area (Å²) in [6.45, 7) is 4.43. The van der Waals surface area contributed by atoms with E-state index >= 15 is 0 Å². The van der Waals surface area contributed by atoms with E-state index in [4.69, 9.17) is 17.0 Å². The highest BCUT2D eigenvalue weighted by molar-refractivity contribution is 7.80. The lowest BCUT2D eigenvalue weighted by molar-refractivity contribution is -0.150. The standard InChI is InChI=1S/C16H27N5O2S/c1-4-21(13-8-5-6-9-14(13)23-12(2)22)16(24)11-7-10-15-17-18-19-20(15)3/h13-14H,4-11H2,1-3H3. The molecule has 2 rings (SSSR count). The molecule has 1 aromatic rings. The average Bonchev–Trinajstić information content (AvgIpc) is 2.94. The van der Waals surface area contributed by atoms with Gasteiger partial charge in [0.1, 0.15) is 6.10 Å². The Balaban J connectivity index is 1.91. The van der Waals surface area contributed by atoms with E-state index in [1.165, 1.54) is 6.92 Å². The molecule has 0 amide bonds. The number of likely N-dealkylation sites (N-methyl/N-ethyl adjacent to an activating group) is 1. The van der Waals surface area contributed by atoms with E-state index in [0.717, 1.165) is 62.3 Å². The summed E-state index contributed by atoms with van der Waals surface area (Å²) >= 11 is 5.68. The van der Waals surface area contributed by atoms with E-state index in [1.807, 2.05) is 7.05 Å². The molecule has 1 aliphatic carbocycles. The van der Waals surface area contributed by atoms with Crippen molar-refractivity contribution in [2.45, 2.75) is 70.9 Å². The molecule has 0 aliphatic heterocycles. The van der Waals surface area contributed by atoms with Crippen LogP contribution in [0.15, 0.2) is 0 Å². The fourth-order valence-corrected chi connectivity index (χ4v) is 3.79. The fraction of sp³-hybridized carbons (Fsp3) is 0.812. The van der Waals surface area contributed by atoms with E-state index in [-0.39, 0.29) is 18.1 Å². The van der Waals surface area contributed by atoms with E-state index in [1.54, 1.807) is 4.68 Å². The van der Waals surface area contributed by atoms with Gasteiger partial charge in [0, 0.05) is 26.9 Å². The molecule has 1 saturated carbocycles. The van der Waals surface area contributed by atoms with Crippen molar-refractivity contribution in [3.63, 3.8) is 0 Å². The summed E-state index contributed by atoms with van der Waals surface area (Å²) < 4.78 is 7.24. The van der Waals surface area contributed by atoms with Crippen LogP contribution in [0, 0.1) is 0 Å². The van der Waals surface area contributed by atoms with Gasteiger partial charge in [0.05, 0.1) is 11.0 Å². The number of thiocarbonyl (C=S) groups is 1. The molecule has 2 unspecified atom stereocenters. The molecular formula is C16H27N5O2S. The highest BCUT2D eigenvalue weighted by Crippen LogP contribution is 2.27. The second-order valence-corrected chi connectivity index (χ2v) is 6.72. The minimum absolute atomic E-state index is 0.0444. The third-order valence-electron chi connectivity index (χ3n) is 4.55. The first kappa shape index (κ1) is 18.8. The van der Waals surface area contributed by atoms with Gasteiger partial charge in [-0.15, -0.1) is 5.10 Å². The molecule has 0 bridgehead atoms. The maximum atomic E-state index is 11.4. The number of esters is 1. The van der Waals surface area contributed by atoms with Crippen LogP contribution in [0.25, 0.3) is 0 Å². The van der Waals surface area contributed by atoms with E-state index in [2.05, 4.69) is 27.3 Å². The molecule has 0 saturated heterocycles. The van der Waals surface area contributed by atoms with Crippen LogP contribution in [0.5, 0.6) is 0 Å². The Labute approximate surface area is 148 Å². The Morgan fingerprint density at radius 1 is 1.42 bits per heavy atom. The minimum atomic E-state index is -0.205. The number of aromatic nitrogens is 4. The molecule has 1 heterocycles. The van der Waals surface area contributed by atoms with Crippen LogP contribution in [0.4, 0.5) is 0 Å². The van der Waals surface area contributed by atoms with Crippen LogP contribution in [0.2, 0.25) is 0 Å². The van der Waals surface area contributed by atoms with E-state index in [9.17, 15) is 4.79 Å². The predicted octanol–water partition coefficient (Wildman–Crippen LogP) is 2.06. The fourth-order valence-electron chi connectivity index (χ4n) is 3.38. The van der Waals surface area contributed by atoms with Crippen LogP contribution in [-0.4, -0.2) is 54.8 Å². The monoisotopic (exact) mass is 353 g/mol. The maximum absolute atomic E-state index is 11.4. The molecule has 24 heavy (non-hydrogen) atoms. The number of rotatable bonds is 7. The van der Waals surface area contributed by atoms with Crippen LogP contribution < -0.4 is 0 Å². The summed E-state index contributed by atoms with van der Waals surface area (Å²) in [6, 6.07) is 0.205. The molecule has 2 atom stereocenters. The third-order valence-corrected chi connectivity index (χ3v) is 4.98. The lowest BCUT2D eigenvalue weighted by Gasteiger charge is -2.40. The average molecular weight is 353 g/mol. The number of tetrazole rings is 1. The van der Waals surface area contributed by atoms with Crippen molar-refractivity contribution in [1.29, 1.82) is 0 Å². The van der Waals surface area contributed by atoms with Gasteiger partial charge in [0.25, 0.3) is 0 Å². The van der Waals surface area contributed by atoms with Crippen molar-refractivity contribution < 1.29 is 9.53 Å². The SMILES string of the molecule is CCN(C(=S)CCCc1nnnn1C)C1CCCCC1OC(C)=O. The van der Waals surface area contributed by atoms with Gasteiger partial charge in [0.15, 0.2) is 5.82 Å². The molecule has 7 nitrogen and oxygen atoms in total. The van der Waals surface area contributed by atoms with Gasteiger partial charge in [-0.25, -0.2) is 4.68 Å². The van der Waals surface area contributed by atoms with Gasteiger partial charge in [-0.3, -0.25) is 4.79 Å². The normalized spacial score (nSPS) is 20.6. The van der Waals surface area contributed by atoms with Crippen LogP contribution in [-0.2, 0) is 23.0 Å². The number of carbonyl (C=O) groups excluding carboxylic acids is 1. The molecule has 0 N–H and O–H groups in total. The molecular weight excluding hydrogens is 326 g/mol. The topological polar surface area (TPSA) is 73.1 Å². The van der Waals surface area contributed by atoms with Crippen LogP contribution in [0.1, 0.15) is 58.2 Å². The van der Waals surface area contributed by atoms with Crippen molar-refractivity contribution in [3.05, 3.63) is 5.82 Å². The van der Waals surface area contributed by atoms with Gasteiger partial charge >= 0.3 is 5.97 Å². The number of carbonyl (C=O) groups is 1. The van der Waals surface area contributed by atoms with Crippen molar-refractivity contribution >= 4 is 23.2 Å². The molecule has 134 valence electrons. The predicted molar refractivity (Wildman–Crippen MR) is 94.5 cm³/mol. The first-order valence-electron chi connectivity index (χ1n) is 8.70. The number of hydrogen-bond acceptors (Lipinski definition) is 6. The highest BCUT2D eigenvalue weighted by atomic mass is 32.1. The third kappa shape index (κ3) is 4.96. The maximum Gasteiger partial charge on any atom is 0.302 e. The number of aryl methyl sites for hydroxylation is 2. The summed E-state index contributed by atoms with van der Waals surface area (Å²) in [5, 5.41) is 11.5. The number of ether oxygens (including phenoxy) is 1. The summed E-state index contributed by atoms with van der Waals surface area (Å²) in [5.41, 5.74) is 0. The molecule has 8 heteroatoms. The van der Waals surface area contributed by atoms with Gasteiger partial charge in [-0.2, -0.15) is 0 Å².